The number of rotatable bonds is 11. The van der Waals surface area contributed by atoms with Crippen LogP contribution >= 0.6 is 11.6 Å². The Morgan fingerprint density at radius 3 is 2.43 bits per heavy atom. The molecule has 0 spiro atoms. The molecule has 1 N–H and O–H groups in total. The van der Waals surface area contributed by atoms with E-state index in [1.165, 1.54) is 0 Å². The number of ketones is 1. The predicted molar refractivity (Wildman–Crippen MR) is 140 cm³/mol. The highest BCUT2D eigenvalue weighted by Crippen LogP contribution is 2.40. The Bertz CT molecular complexity index is 1060. The minimum atomic E-state index is -0.713. The third kappa shape index (κ3) is 6.44. The van der Waals surface area contributed by atoms with Crippen LogP contribution in [0.2, 0.25) is 5.02 Å². The fourth-order valence-electron chi connectivity index (χ4n) is 4.20. The van der Waals surface area contributed by atoms with E-state index in [4.69, 9.17) is 16.3 Å². The van der Waals surface area contributed by atoms with Gasteiger partial charge in [0.2, 0.25) is 0 Å². The molecule has 1 unspecified atom stereocenters. The number of halogens is 1. The van der Waals surface area contributed by atoms with Crippen LogP contribution in [0.25, 0.3) is 5.76 Å². The summed E-state index contributed by atoms with van der Waals surface area (Å²) in [5.41, 5.74) is 1.24. The SMILES string of the molecule is CCN(CC)CCN1C(=O)C(=O)/C(=C(/O)c2ccc(Cl)cc2)C1c1cccc(OCCC(C)C)c1. The van der Waals surface area contributed by atoms with E-state index >= 15 is 0 Å². The summed E-state index contributed by atoms with van der Waals surface area (Å²) >= 11 is 6.01. The van der Waals surface area contributed by atoms with Gasteiger partial charge >= 0.3 is 0 Å². The molecule has 1 fully saturated rings. The lowest BCUT2D eigenvalue weighted by molar-refractivity contribution is -0.140. The van der Waals surface area contributed by atoms with Gasteiger partial charge in [-0.3, -0.25) is 9.59 Å². The summed E-state index contributed by atoms with van der Waals surface area (Å²) in [4.78, 5) is 30.1. The maximum Gasteiger partial charge on any atom is 0.295 e. The maximum absolute atomic E-state index is 13.2. The Kier molecular flexibility index (Phi) is 9.35. The van der Waals surface area contributed by atoms with Crippen LogP contribution in [-0.4, -0.2) is 59.4 Å². The van der Waals surface area contributed by atoms with E-state index in [-0.39, 0.29) is 11.3 Å². The minimum Gasteiger partial charge on any atom is -0.507 e. The van der Waals surface area contributed by atoms with Gasteiger partial charge in [0.05, 0.1) is 18.2 Å². The summed E-state index contributed by atoms with van der Waals surface area (Å²) in [6.07, 6.45) is 0.920. The van der Waals surface area contributed by atoms with Crippen molar-refractivity contribution in [2.75, 3.05) is 32.8 Å². The summed E-state index contributed by atoms with van der Waals surface area (Å²) in [6.45, 7) is 11.7. The molecule has 1 aliphatic heterocycles. The number of benzene rings is 2. The molecule has 7 heteroatoms. The molecule has 0 aromatic heterocycles. The standard InChI is InChI=1S/C28H35ClN2O4/c1-5-30(6-2)15-16-31-25(21-8-7-9-23(18-21)35-17-14-19(3)4)24(27(33)28(31)34)26(32)20-10-12-22(29)13-11-20/h7-13,18-19,25,32H,5-6,14-17H2,1-4H3/b26-24+. The van der Waals surface area contributed by atoms with E-state index in [0.717, 1.165) is 25.1 Å². The van der Waals surface area contributed by atoms with Crippen LogP contribution < -0.4 is 4.74 Å². The molecular weight excluding hydrogens is 464 g/mol. The average molecular weight is 499 g/mol. The zero-order chi connectivity index (χ0) is 25.5. The molecule has 0 saturated carbocycles. The van der Waals surface area contributed by atoms with E-state index in [1.54, 1.807) is 29.2 Å². The number of hydrogen-bond donors (Lipinski definition) is 1. The normalized spacial score (nSPS) is 17.6. The molecule has 1 aliphatic rings. The van der Waals surface area contributed by atoms with Gasteiger partial charge in [-0.2, -0.15) is 0 Å². The Morgan fingerprint density at radius 2 is 1.80 bits per heavy atom. The van der Waals surface area contributed by atoms with Crippen molar-refractivity contribution in [3.05, 3.63) is 70.3 Å². The van der Waals surface area contributed by atoms with Crippen LogP contribution in [0.1, 0.15) is 51.3 Å². The van der Waals surface area contributed by atoms with Crippen LogP contribution in [0.5, 0.6) is 5.75 Å². The number of likely N-dealkylation sites (N-methyl/N-ethyl adjacent to an activating group) is 1. The average Bonchev–Trinajstić information content (AvgIpc) is 3.09. The van der Waals surface area contributed by atoms with Crippen molar-refractivity contribution in [3.63, 3.8) is 0 Å². The second-order valence-corrected chi connectivity index (χ2v) is 9.57. The van der Waals surface area contributed by atoms with E-state index in [9.17, 15) is 14.7 Å². The smallest absolute Gasteiger partial charge is 0.295 e. The number of nitrogens with zero attached hydrogens (tertiary/aromatic N) is 2. The first-order valence-electron chi connectivity index (χ1n) is 12.3. The molecule has 0 bridgehead atoms. The topological polar surface area (TPSA) is 70.1 Å². The molecule has 2 aromatic rings. The van der Waals surface area contributed by atoms with Crippen LogP contribution in [0.4, 0.5) is 0 Å². The fourth-order valence-corrected chi connectivity index (χ4v) is 4.32. The van der Waals surface area contributed by atoms with Crippen LogP contribution in [0.15, 0.2) is 54.1 Å². The highest BCUT2D eigenvalue weighted by Gasteiger charge is 2.46. The lowest BCUT2D eigenvalue weighted by Crippen LogP contribution is -2.38. The lowest BCUT2D eigenvalue weighted by atomic mass is 9.95. The summed E-state index contributed by atoms with van der Waals surface area (Å²) in [7, 11) is 0. The molecule has 1 saturated heterocycles. The van der Waals surface area contributed by atoms with Gasteiger partial charge in [0.15, 0.2) is 0 Å². The van der Waals surface area contributed by atoms with Crippen molar-refractivity contribution in [1.82, 2.24) is 9.80 Å². The van der Waals surface area contributed by atoms with Crippen molar-refractivity contribution >= 4 is 29.1 Å². The molecular formula is C28H35ClN2O4. The monoisotopic (exact) mass is 498 g/mol. The first kappa shape index (κ1) is 26.8. The number of Topliss-reactive ketones (excluding diaryl/α,β-unsaturated/α-hetero) is 1. The van der Waals surface area contributed by atoms with Crippen molar-refractivity contribution in [3.8, 4) is 5.75 Å². The molecule has 1 amide bonds. The van der Waals surface area contributed by atoms with E-state index in [2.05, 4.69) is 32.6 Å². The third-order valence-corrected chi connectivity index (χ3v) is 6.60. The zero-order valence-corrected chi connectivity index (χ0v) is 21.7. The largest absolute Gasteiger partial charge is 0.507 e. The summed E-state index contributed by atoms with van der Waals surface area (Å²) in [5.74, 6) is -0.313. The highest BCUT2D eigenvalue weighted by atomic mass is 35.5. The number of amides is 1. The molecule has 0 radical (unpaired) electrons. The van der Waals surface area contributed by atoms with E-state index in [1.807, 2.05) is 24.3 Å². The summed E-state index contributed by atoms with van der Waals surface area (Å²) < 4.78 is 5.94. The fraction of sp³-hybridized carbons (Fsp3) is 0.429. The molecule has 0 aliphatic carbocycles. The Labute approximate surface area is 213 Å². The van der Waals surface area contributed by atoms with Gasteiger partial charge < -0.3 is 19.6 Å². The molecule has 35 heavy (non-hydrogen) atoms. The van der Waals surface area contributed by atoms with E-state index in [0.29, 0.717) is 41.9 Å². The second kappa shape index (κ2) is 12.2. The minimum absolute atomic E-state index is 0.0798. The summed E-state index contributed by atoms with van der Waals surface area (Å²) in [6, 6.07) is 13.3. The molecule has 1 heterocycles. The number of aliphatic hydroxyl groups excluding tert-OH is 1. The van der Waals surface area contributed by atoms with Gasteiger partial charge in [-0.05, 0) is 67.4 Å². The number of carbonyl (C=O) groups is 2. The van der Waals surface area contributed by atoms with Gasteiger partial charge in [0.25, 0.3) is 11.7 Å². The van der Waals surface area contributed by atoms with Crippen molar-refractivity contribution < 1.29 is 19.4 Å². The number of hydrogen-bond acceptors (Lipinski definition) is 5. The van der Waals surface area contributed by atoms with Crippen molar-refractivity contribution in [1.29, 1.82) is 0 Å². The Hall–Kier alpha value is -2.83. The van der Waals surface area contributed by atoms with Gasteiger partial charge in [0.1, 0.15) is 11.5 Å². The first-order valence-corrected chi connectivity index (χ1v) is 12.6. The summed E-state index contributed by atoms with van der Waals surface area (Å²) in [5, 5.41) is 11.7. The number of likely N-dealkylation sites (tertiary alicyclic amines) is 1. The van der Waals surface area contributed by atoms with Gasteiger partial charge in [-0.25, -0.2) is 0 Å². The molecule has 6 nitrogen and oxygen atoms in total. The second-order valence-electron chi connectivity index (χ2n) is 9.13. The van der Waals surface area contributed by atoms with Gasteiger partial charge in [-0.15, -0.1) is 0 Å². The van der Waals surface area contributed by atoms with Crippen LogP contribution in [0, 0.1) is 5.92 Å². The van der Waals surface area contributed by atoms with Gasteiger partial charge in [0, 0.05) is 23.7 Å². The lowest BCUT2D eigenvalue weighted by Gasteiger charge is -2.28. The molecule has 1 atom stereocenters. The third-order valence-electron chi connectivity index (χ3n) is 6.35. The quantitative estimate of drug-likeness (QED) is 0.250. The maximum atomic E-state index is 13.2. The predicted octanol–water partition coefficient (Wildman–Crippen LogP) is 5.53. The van der Waals surface area contributed by atoms with Crippen molar-refractivity contribution in [2.45, 2.75) is 40.2 Å². The van der Waals surface area contributed by atoms with Crippen molar-refractivity contribution in [2.24, 2.45) is 5.92 Å². The Balaban J connectivity index is 2.04. The number of ether oxygens (including phenoxy) is 1. The molecule has 2 aromatic carbocycles. The number of aliphatic hydroxyl groups is 1. The molecule has 3 rings (SSSR count). The first-order chi connectivity index (χ1) is 16.8. The number of carbonyl (C=O) groups excluding carboxylic acids is 2. The van der Waals surface area contributed by atoms with Crippen LogP contribution in [-0.2, 0) is 9.59 Å². The van der Waals surface area contributed by atoms with Crippen LogP contribution in [0.3, 0.4) is 0 Å². The molecule has 188 valence electrons. The Morgan fingerprint density at radius 1 is 1.11 bits per heavy atom. The van der Waals surface area contributed by atoms with E-state index < -0.39 is 17.7 Å². The van der Waals surface area contributed by atoms with Gasteiger partial charge in [-0.1, -0.05) is 51.4 Å². The highest BCUT2D eigenvalue weighted by molar-refractivity contribution is 6.46. The zero-order valence-electron chi connectivity index (χ0n) is 21.0.